The molecule has 3 aromatic carbocycles. The molecule has 38 heavy (non-hydrogen) atoms. The van der Waals surface area contributed by atoms with Crippen molar-refractivity contribution in [3.05, 3.63) is 83.7 Å². The van der Waals surface area contributed by atoms with Gasteiger partial charge in [-0.3, -0.25) is 9.59 Å². The highest BCUT2D eigenvalue weighted by molar-refractivity contribution is 7.90. The Morgan fingerprint density at radius 2 is 1.63 bits per heavy atom. The molecule has 0 radical (unpaired) electrons. The van der Waals surface area contributed by atoms with Crippen molar-refractivity contribution in [2.75, 3.05) is 48.8 Å². The van der Waals surface area contributed by atoms with E-state index in [1.807, 2.05) is 11.0 Å². The number of nitrogens with two attached hydrogens (primary N) is 2. The van der Waals surface area contributed by atoms with E-state index in [1.165, 1.54) is 12.1 Å². The minimum absolute atomic E-state index is 0.0215. The molecule has 1 fully saturated rings. The molecule has 0 aliphatic carbocycles. The molecule has 1 saturated heterocycles. The lowest BCUT2D eigenvalue weighted by Gasteiger charge is -2.38. The van der Waals surface area contributed by atoms with Gasteiger partial charge in [-0.25, -0.2) is 12.8 Å². The van der Waals surface area contributed by atoms with Crippen molar-refractivity contribution in [1.82, 2.24) is 10.2 Å². The lowest BCUT2D eigenvalue weighted by Crippen LogP contribution is -2.52. The van der Waals surface area contributed by atoms with Gasteiger partial charge >= 0.3 is 0 Å². The van der Waals surface area contributed by atoms with E-state index >= 15 is 0 Å². The lowest BCUT2D eigenvalue weighted by atomic mass is 10.0. The molecule has 0 spiro atoms. The highest BCUT2D eigenvalue weighted by Gasteiger charge is 2.31. The smallest absolute Gasteiger partial charge is 0.249 e. The Balaban J connectivity index is 1.49. The Morgan fingerprint density at radius 1 is 0.947 bits per heavy atom. The summed E-state index contributed by atoms with van der Waals surface area (Å²) in [6, 6.07) is 16.7. The predicted octanol–water partition coefficient (Wildman–Crippen LogP) is 2.14. The van der Waals surface area contributed by atoms with Crippen LogP contribution in [0.25, 0.3) is 0 Å². The fourth-order valence-corrected chi connectivity index (χ4v) is 5.36. The van der Waals surface area contributed by atoms with Crippen LogP contribution in [-0.2, 0) is 25.8 Å². The van der Waals surface area contributed by atoms with Gasteiger partial charge in [-0.1, -0.05) is 36.4 Å². The molecule has 0 bridgehead atoms. The summed E-state index contributed by atoms with van der Waals surface area (Å²) in [5.41, 5.74) is 14.1. The highest BCUT2D eigenvalue weighted by Crippen LogP contribution is 2.28. The summed E-state index contributed by atoms with van der Waals surface area (Å²) in [6.45, 7) is 1.29. The number of amides is 2. The van der Waals surface area contributed by atoms with Crippen molar-refractivity contribution in [1.29, 1.82) is 0 Å². The molecule has 1 heterocycles. The molecule has 0 saturated carbocycles. The number of nitrogens with zero attached hydrogens (tertiary/aromatic N) is 2. The van der Waals surface area contributed by atoms with Crippen LogP contribution in [0.2, 0.25) is 0 Å². The first-order valence-electron chi connectivity index (χ1n) is 12.0. The van der Waals surface area contributed by atoms with Crippen molar-refractivity contribution < 1.29 is 22.4 Å². The molecule has 9 nitrogen and oxygen atoms in total. The molecule has 11 heteroatoms. The second kappa shape index (κ2) is 11.1. The van der Waals surface area contributed by atoms with E-state index < -0.39 is 21.7 Å². The van der Waals surface area contributed by atoms with Crippen LogP contribution in [-0.4, -0.2) is 57.6 Å². The first-order chi connectivity index (χ1) is 18.0. The fraction of sp³-hybridized carbons (Fsp3) is 0.259. The number of carbonyl (C=O) groups excluding carboxylic acids is 2. The highest BCUT2D eigenvalue weighted by atomic mass is 32.2. The second-order valence-electron chi connectivity index (χ2n) is 9.25. The number of hydrogen-bond donors (Lipinski definition) is 3. The molecule has 0 aromatic heterocycles. The van der Waals surface area contributed by atoms with E-state index in [0.29, 0.717) is 54.4 Å². The topological polar surface area (TPSA) is 139 Å². The average molecular weight is 540 g/mol. The Labute approximate surface area is 221 Å². The molecule has 2 amide bonds. The summed E-state index contributed by atoms with van der Waals surface area (Å²) >= 11 is 0. The van der Waals surface area contributed by atoms with Crippen LogP contribution in [0.4, 0.5) is 21.5 Å². The molecule has 200 valence electrons. The van der Waals surface area contributed by atoms with Crippen molar-refractivity contribution in [3.63, 3.8) is 0 Å². The number of piperazine rings is 1. The lowest BCUT2D eigenvalue weighted by molar-refractivity contribution is -0.136. The van der Waals surface area contributed by atoms with Gasteiger partial charge in [0.1, 0.15) is 11.9 Å². The number of carbonyl (C=O) groups is 2. The van der Waals surface area contributed by atoms with Gasteiger partial charge < -0.3 is 26.6 Å². The minimum Gasteiger partial charge on any atom is -0.397 e. The zero-order chi connectivity index (χ0) is 27.4. The summed E-state index contributed by atoms with van der Waals surface area (Å²) in [4.78, 5) is 29.9. The normalized spacial score (nSPS) is 14.7. The first kappa shape index (κ1) is 26.9. The average Bonchev–Trinajstić information content (AvgIpc) is 2.89. The number of nitrogens with one attached hydrogen (secondary N) is 1. The Kier molecular flexibility index (Phi) is 7.86. The summed E-state index contributed by atoms with van der Waals surface area (Å²) in [7, 11) is -3.65. The third-order valence-electron chi connectivity index (χ3n) is 6.45. The van der Waals surface area contributed by atoms with Gasteiger partial charge in [0.25, 0.3) is 0 Å². The van der Waals surface area contributed by atoms with Crippen molar-refractivity contribution in [2.24, 2.45) is 0 Å². The van der Waals surface area contributed by atoms with E-state index in [1.54, 1.807) is 47.4 Å². The maximum Gasteiger partial charge on any atom is 0.249 e. The summed E-state index contributed by atoms with van der Waals surface area (Å²) in [6.07, 6.45) is 1.06. The van der Waals surface area contributed by atoms with E-state index in [0.717, 1.165) is 12.3 Å². The van der Waals surface area contributed by atoms with Crippen molar-refractivity contribution >= 4 is 38.7 Å². The van der Waals surface area contributed by atoms with E-state index in [9.17, 15) is 22.4 Å². The predicted molar refractivity (Wildman–Crippen MR) is 145 cm³/mol. The number of benzene rings is 3. The maximum absolute atomic E-state index is 13.8. The monoisotopic (exact) mass is 539 g/mol. The van der Waals surface area contributed by atoms with Crippen molar-refractivity contribution in [2.45, 2.75) is 17.4 Å². The van der Waals surface area contributed by atoms with Crippen molar-refractivity contribution in [3.8, 4) is 0 Å². The Hall–Kier alpha value is -4.12. The number of halogens is 1. The third kappa shape index (κ3) is 6.23. The van der Waals surface area contributed by atoms with Gasteiger partial charge in [-0.05, 0) is 41.5 Å². The van der Waals surface area contributed by atoms with Crippen LogP contribution < -0.4 is 21.7 Å². The zero-order valence-corrected chi connectivity index (χ0v) is 21.7. The van der Waals surface area contributed by atoms with Gasteiger partial charge in [0.2, 0.25) is 11.8 Å². The number of sulfone groups is 1. The molecule has 1 aliphatic rings. The minimum atomic E-state index is -3.65. The van der Waals surface area contributed by atoms with Crippen LogP contribution in [0.15, 0.2) is 71.6 Å². The largest absolute Gasteiger partial charge is 0.397 e. The molecular weight excluding hydrogens is 509 g/mol. The molecule has 1 unspecified atom stereocenters. The summed E-state index contributed by atoms with van der Waals surface area (Å²) < 4.78 is 38.2. The van der Waals surface area contributed by atoms with Crippen LogP contribution in [0.5, 0.6) is 0 Å². The fourth-order valence-electron chi connectivity index (χ4n) is 4.46. The Morgan fingerprint density at radius 3 is 2.26 bits per heavy atom. The third-order valence-corrected chi connectivity index (χ3v) is 7.58. The number of hydrogen-bond acceptors (Lipinski definition) is 7. The van der Waals surface area contributed by atoms with Gasteiger partial charge in [0.15, 0.2) is 9.84 Å². The number of rotatable bonds is 7. The van der Waals surface area contributed by atoms with Gasteiger partial charge in [-0.15, -0.1) is 0 Å². The van der Waals surface area contributed by atoms with Crippen LogP contribution in [0.3, 0.4) is 0 Å². The van der Waals surface area contributed by atoms with E-state index in [-0.39, 0.29) is 23.1 Å². The maximum atomic E-state index is 13.8. The van der Waals surface area contributed by atoms with Gasteiger partial charge in [0, 0.05) is 32.4 Å². The second-order valence-corrected chi connectivity index (χ2v) is 11.2. The Bertz CT molecular complexity index is 1440. The molecule has 5 N–H and O–H groups in total. The molecular formula is C27H30FN5O4S. The standard InChI is InChI=1S/C27H30FN5O4S/c1-38(36,37)24-17-20(28)8-10-23(24)32-11-13-33(14-12-32)27(35)26(19-5-3-2-4-6-19)31-25(34)16-18-7-9-21(29)22(30)15-18/h2-10,15,17,26H,11-14,16,29-30H2,1H3,(H,31,34). The SMILES string of the molecule is CS(=O)(=O)c1cc(F)ccc1N1CCN(C(=O)C(NC(=O)Cc2ccc(N)c(N)c2)c2ccccc2)CC1. The summed E-state index contributed by atoms with van der Waals surface area (Å²) in [5.74, 6) is -1.26. The molecule has 3 aromatic rings. The zero-order valence-electron chi connectivity index (χ0n) is 20.9. The molecule has 1 atom stereocenters. The van der Waals surface area contributed by atoms with E-state index in [4.69, 9.17) is 11.5 Å². The number of anilines is 3. The van der Waals surface area contributed by atoms with Crippen LogP contribution in [0.1, 0.15) is 17.2 Å². The summed E-state index contributed by atoms with van der Waals surface area (Å²) in [5, 5.41) is 2.85. The molecule has 1 aliphatic heterocycles. The van der Waals surface area contributed by atoms with Gasteiger partial charge in [-0.2, -0.15) is 0 Å². The van der Waals surface area contributed by atoms with Crippen LogP contribution >= 0.6 is 0 Å². The van der Waals surface area contributed by atoms with E-state index in [2.05, 4.69) is 5.32 Å². The quantitative estimate of drug-likeness (QED) is 0.391. The molecule has 4 rings (SSSR count). The number of nitrogen functional groups attached to an aromatic ring is 2. The van der Waals surface area contributed by atoms with Gasteiger partial charge in [0.05, 0.1) is 28.4 Å². The first-order valence-corrected chi connectivity index (χ1v) is 13.9. The van der Waals surface area contributed by atoms with Crippen LogP contribution in [0, 0.1) is 5.82 Å².